The third-order valence-electron chi connectivity index (χ3n) is 4.68. The van der Waals surface area contributed by atoms with Gasteiger partial charge in [-0.2, -0.15) is 18.2 Å². The molecule has 2 aromatic heterocycles. The highest BCUT2D eigenvalue weighted by Gasteiger charge is 2.29. The van der Waals surface area contributed by atoms with E-state index in [1.54, 1.807) is 6.92 Å². The maximum atomic E-state index is 12.7. The number of nitrogens with zero attached hydrogens (tertiary/aromatic N) is 5. The summed E-state index contributed by atoms with van der Waals surface area (Å²) >= 11 is 0. The van der Waals surface area contributed by atoms with Gasteiger partial charge in [0.05, 0.1) is 29.3 Å². The van der Waals surface area contributed by atoms with Gasteiger partial charge in [-0.3, -0.25) is 0 Å². The van der Waals surface area contributed by atoms with Crippen molar-refractivity contribution in [3.8, 4) is 0 Å². The van der Waals surface area contributed by atoms with Crippen LogP contribution in [0.15, 0.2) is 6.58 Å². The third kappa shape index (κ3) is 4.57. The molecule has 2 aromatic rings. The Morgan fingerprint density at radius 3 is 2.29 bits per heavy atom. The van der Waals surface area contributed by atoms with E-state index in [0.29, 0.717) is 47.3 Å². The molecule has 9 heteroatoms. The lowest BCUT2D eigenvalue weighted by Crippen LogP contribution is -2.46. The van der Waals surface area contributed by atoms with Crippen LogP contribution in [0.4, 0.5) is 19.1 Å². The molecule has 0 aromatic carbocycles. The molecule has 1 aliphatic heterocycles. The number of fused-ring (bicyclic) bond motifs is 1. The van der Waals surface area contributed by atoms with Gasteiger partial charge < -0.3 is 9.64 Å². The summed E-state index contributed by atoms with van der Waals surface area (Å²) in [5.41, 5.74) is 2.75. The molecule has 0 saturated carbocycles. The Balaban J connectivity index is 2.06. The number of allylic oxidation sites excluding steroid dienone is 1. The monoisotopic (exact) mass is 395 g/mol. The van der Waals surface area contributed by atoms with Gasteiger partial charge in [0, 0.05) is 19.5 Å². The first-order valence-corrected chi connectivity index (χ1v) is 9.22. The topological polar surface area (TPSA) is 64.0 Å². The highest BCUT2D eigenvalue weighted by Crippen LogP contribution is 2.30. The van der Waals surface area contributed by atoms with E-state index in [9.17, 15) is 13.2 Å². The molecule has 3 heterocycles. The molecule has 1 fully saturated rings. The average Bonchev–Trinajstić information content (AvgIpc) is 2.58. The molecule has 0 aliphatic carbocycles. The van der Waals surface area contributed by atoms with E-state index >= 15 is 0 Å². The van der Waals surface area contributed by atoms with Crippen molar-refractivity contribution in [2.24, 2.45) is 0 Å². The van der Waals surface area contributed by atoms with E-state index in [1.165, 1.54) is 0 Å². The van der Waals surface area contributed by atoms with Crippen molar-refractivity contribution < 1.29 is 17.9 Å². The number of rotatable bonds is 4. The van der Waals surface area contributed by atoms with E-state index in [2.05, 4.69) is 26.5 Å². The zero-order valence-corrected chi connectivity index (χ0v) is 16.5. The molecular formula is C19H24F3N5O. The van der Waals surface area contributed by atoms with Crippen LogP contribution in [-0.4, -0.2) is 51.4 Å². The fourth-order valence-corrected chi connectivity index (χ4v) is 3.24. The van der Waals surface area contributed by atoms with Crippen LogP contribution in [0, 0.1) is 13.8 Å². The number of anilines is 1. The molecule has 28 heavy (non-hydrogen) atoms. The van der Waals surface area contributed by atoms with Gasteiger partial charge in [-0.1, -0.05) is 6.58 Å². The zero-order chi connectivity index (χ0) is 20.6. The molecule has 2 unspecified atom stereocenters. The number of ether oxygens (including phenoxy) is 1. The van der Waals surface area contributed by atoms with Crippen molar-refractivity contribution >= 4 is 22.7 Å². The van der Waals surface area contributed by atoms with E-state index in [4.69, 9.17) is 4.74 Å². The van der Waals surface area contributed by atoms with E-state index < -0.39 is 12.6 Å². The van der Waals surface area contributed by atoms with Crippen LogP contribution in [0.1, 0.15) is 43.8 Å². The Bertz CT molecular complexity index is 889. The van der Waals surface area contributed by atoms with Gasteiger partial charge in [-0.25, -0.2) is 15.0 Å². The largest absolute Gasteiger partial charge is 0.389 e. The molecule has 3 rings (SSSR count). The number of aryl methyl sites for hydroxylation is 2. The molecule has 0 radical (unpaired) electrons. The molecule has 0 spiro atoms. The van der Waals surface area contributed by atoms with Gasteiger partial charge in [0.1, 0.15) is 5.52 Å². The van der Waals surface area contributed by atoms with Crippen LogP contribution in [0.25, 0.3) is 16.7 Å². The molecule has 1 saturated heterocycles. The smallest absolute Gasteiger partial charge is 0.372 e. The molecule has 0 amide bonds. The highest BCUT2D eigenvalue weighted by atomic mass is 19.4. The minimum absolute atomic E-state index is 0.00855. The standard InChI is InChI=1S/C19H24F3N5O/c1-10(6-7-19(20,21)22)15-16-17(24-14(5)13(4)23-16)26-18(25-15)27-8-11(2)28-12(3)9-27/h11-12H,1,6-9H2,2-5H3. The van der Waals surface area contributed by atoms with Crippen LogP contribution < -0.4 is 4.90 Å². The van der Waals surface area contributed by atoms with Gasteiger partial charge in [0.15, 0.2) is 5.65 Å². The van der Waals surface area contributed by atoms with Crippen molar-refractivity contribution in [3.63, 3.8) is 0 Å². The summed E-state index contributed by atoms with van der Waals surface area (Å²) in [7, 11) is 0. The van der Waals surface area contributed by atoms with Crippen LogP contribution in [-0.2, 0) is 4.74 Å². The quantitative estimate of drug-likeness (QED) is 0.780. The van der Waals surface area contributed by atoms with Gasteiger partial charge in [0.25, 0.3) is 0 Å². The number of hydrogen-bond acceptors (Lipinski definition) is 6. The van der Waals surface area contributed by atoms with Gasteiger partial charge in [0.2, 0.25) is 5.95 Å². The maximum absolute atomic E-state index is 12.7. The maximum Gasteiger partial charge on any atom is 0.389 e. The van der Waals surface area contributed by atoms with Crippen molar-refractivity contribution in [3.05, 3.63) is 23.7 Å². The van der Waals surface area contributed by atoms with Gasteiger partial charge in [-0.15, -0.1) is 0 Å². The average molecular weight is 395 g/mol. The second-order valence-electron chi connectivity index (χ2n) is 7.32. The number of halogens is 3. The lowest BCUT2D eigenvalue weighted by Gasteiger charge is -2.35. The van der Waals surface area contributed by atoms with Crippen molar-refractivity contribution in [1.82, 2.24) is 19.9 Å². The third-order valence-corrected chi connectivity index (χ3v) is 4.68. The van der Waals surface area contributed by atoms with Crippen molar-refractivity contribution in [2.45, 2.75) is 58.9 Å². The Morgan fingerprint density at radius 2 is 1.68 bits per heavy atom. The molecular weight excluding hydrogens is 371 g/mol. The summed E-state index contributed by atoms with van der Waals surface area (Å²) in [4.78, 5) is 20.0. The van der Waals surface area contributed by atoms with E-state index in [-0.39, 0.29) is 24.2 Å². The normalized spacial score (nSPS) is 20.6. The number of hydrogen-bond donors (Lipinski definition) is 0. The van der Waals surface area contributed by atoms with Crippen molar-refractivity contribution in [2.75, 3.05) is 18.0 Å². The highest BCUT2D eigenvalue weighted by molar-refractivity contribution is 5.85. The number of alkyl halides is 3. The lowest BCUT2D eigenvalue weighted by molar-refractivity contribution is -0.133. The van der Waals surface area contributed by atoms with E-state index in [1.807, 2.05) is 25.7 Å². The summed E-state index contributed by atoms with van der Waals surface area (Å²) in [6.45, 7) is 12.5. The van der Waals surface area contributed by atoms with Crippen LogP contribution in [0.2, 0.25) is 0 Å². The second-order valence-corrected chi connectivity index (χ2v) is 7.32. The Morgan fingerprint density at radius 1 is 1.07 bits per heavy atom. The first-order chi connectivity index (χ1) is 13.0. The Labute approximate surface area is 161 Å². The molecule has 2 atom stereocenters. The Hall–Kier alpha value is -2.29. The first kappa shape index (κ1) is 20.4. The van der Waals surface area contributed by atoms with Crippen LogP contribution in [0.5, 0.6) is 0 Å². The fraction of sp³-hybridized carbons (Fsp3) is 0.579. The predicted octanol–water partition coefficient (Wildman–Crippen LogP) is 4.01. The van der Waals surface area contributed by atoms with Crippen molar-refractivity contribution in [1.29, 1.82) is 0 Å². The molecule has 1 aliphatic rings. The van der Waals surface area contributed by atoms with Gasteiger partial charge >= 0.3 is 6.18 Å². The fourth-order valence-electron chi connectivity index (χ4n) is 3.24. The molecule has 152 valence electrons. The summed E-state index contributed by atoms with van der Waals surface area (Å²) in [5, 5.41) is 0. The predicted molar refractivity (Wildman–Crippen MR) is 101 cm³/mol. The van der Waals surface area contributed by atoms with E-state index in [0.717, 1.165) is 0 Å². The SMILES string of the molecule is C=C(CCC(F)(F)F)c1nc(N2CC(C)OC(C)C2)nc2nc(C)c(C)nc12. The Kier molecular flexibility index (Phi) is 5.56. The van der Waals surface area contributed by atoms with Crippen LogP contribution in [0.3, 0.4) is 0 Å². The minimum Gasteiger partial charge on any atom is -0.372 e. The summed E-state index contributed by atoms with van der Waals surface area (Å²) in [6.07, 6.45) is -5.49. The van der Waals surface area contributed by atoms with Crippen LogP contribution >= 0.6 is 0 Å². The zero-order valence-electron chi connectivity index (χ0n) is 16.5. The van der Waals surface area contributed by atoms with Gasteiger partial charge in [-0.05, 0) is 39.7 Å². The second kappa shape index (κ2) is 7.62. The summed E-state index contributed by atoms with van der Waals surface area (Å²) in [5.74, 6) is 0.412. The number of aromatic nitrogens is 4. The summed E-state index contributed by atoms with van der Waals surface area (Å²) in [6, 6.07) is 0. The molecule has 0 bridgehead atoms. The minimum atomic E-state index is -4.26. The summed E-state index contributed by atoms with van der Waals surface area (Å²) < 4.78 is 43.8. The molecule has 6 nitrogen and oxygen atoms in total. The molecule has 0 N–H and O–H groups in total. The number of morpholine rings is 1. The first-order valence-electron chi connectivity index (χ1n) is 9.22. The lowest BCUT2D eigenvalue weighted by atomic mass is 10.1.